The van der Waals surface area contributed by atoms with Gasteiger partial charge in [-0.15, -0.1) is 0 Å². The number of aryl methyl sites for hydroxylation is 1. The Balaban J connectivity index is 1.55. The van der Waals surface area contributed by atoms with Gasteiger partial charge >= 0.3 is 6.18 Å². The summed E-state index contributed by atoms with van der Waals surface area (Å²) in [5, 5.41) is 2.68. The Hall–Kier alpha value is -3.38. The van der Waals surface area contributed by atoms with Gasteiger partial charge in [0.1, 0.15) is 17.5 Å². The summed E-state index contributed by atoms with van der Waals surface area (Å²) in [4.78, 5) is 11.6. The molecular weight excluding hydrogens is 522 g/mol. The van der Waals surface area contributed by atoms with Crippen molar-refractivity contribution in [3.8, 4) is 0 Å². The van der Waals surface area contributed by atoms with E-state index in [0.717, 1.165) is 28.6 Å². The molecule has 0 atom stereocenters. The van der Waals surface area contributed by atoms with Crippen LogP contribution in [-0.2, 0) is 40.4 Å². The standard InChI is InChI=1S/C25H20F6N2O3S/c1-14-5-7-16-13-33(37(35,36)24-19(26)3-2-4-20(24)27)10-9-17(16)23(14)32-22(34)12-15-6-8-18(21(28)11-15)25(29,30)31/h2-8,11H,9-10,12-13H2,1H3,(H,32,34). The fraction of sp³-hybridized carbons (Fsp3) is 0.240. The number of halogens is 6. The monoisotopic (exact) mass is 542 g/mol. The zero-order valence-corrected chi connectivity index (χ0v) is 20.1. The van der Waals surface area contributed by atoms with Crippen molar-refractivity contribution in [2.24, 2.45) is 0 Å². The lowest BCUT2D eigenvalue weighted by Crippen LogP contribution is -2.37. The first-order chi connectivity index (χ1) is 17.3. The molecule has 0 aromatic heterocycles. The molecule has 0 saturated heterocycles. The van der Waals surface area contributed by atoms with Gasteiger partial charge in [0.2, 0.25) is 15.9 Å². The lowest BCUT2D eigenvalue weighted by atomic mass is 9.95. The minimum absolute atomic E-state index is 0.0367. The van der Waals surface area contributed by atoms with E-state index in [0.29, 0.717) is 34.5 Å². The highest BCUT2D eigenvalue weighted by Crippen LogP contribution is 2.34. The Morgan fingerprint density at radius 3 is 2.30 bits per heavy atom. The van der Waals surface area contributed by atoms with E-state index < -0.39 is 56.4 Å². The third-order valence-electron chi connectivity index (χ3n) is 6.06. The van der Waals surface area contributed by atoms with Crippen LogP contribution >= 0.6 is 0 Å². The van der Waals surface area contributed by atoms with E-state index in [4.69, 9.17) is 0 Å². The van der Waals surface area contributed by atoms with E-state index >= 15 is 0 Å². The lowest BCUT2D eigenvalue weighted by molar-refractivity contribution is -0.140. The Labute approximate surface area is 208 Å². The first-order valence-corrected chi connectivity index (χ1v) is 12.4. The predicted molar refractivity (Wildman–Crippen MR) is 123 cm³/mol. The molecule has 37 heavy (non-hydrogen) atoms. The van der Waals surface area contributed by atoms with Crippen molar-refractivity contribution in [3.05, 3.63) is 93.8 Å². The number of sulfonamides is 1. The number of benzene rings is 3. The van der Waals surface area contributed by atoms with Gasteiger partial charge in [0, 0.05) is 18.8 Å². The van der Waals surface area contributed by atoms with Gasteiger partial charge in [-0.1, -0.05) is 24.3 Å². The molecule has 3 aromatic carbocycles. The lowest BCUT2D eigenvalue weighted by Gasteiger charge is -2.30. The normalized spacial score (nSPS) is 14.4. The van der Waals surface area contributed by atoms with Crippen LogP contribution in [0, 0.1) is 24.4 Å². The highest BCUT2D eigenvalue weighted by Gasteiger charge is 2.35. The summed E-state index contributed by atoms with van der Waals surface area (Å²) in [5.41, 5.74) is 0.764. The number of nitrogens with one attached hydrogen (secondary N) is 1. The maximum absolute atomic E-state index is 14.2. The summed E-state index contributed by atoms with van der Waals surface area (Å²) < 4.78 is 107. The van der Waals surface area contributed by atoms with E-state index in [-0.39, 0.29) is 25.1 Å². The second kappa shape index (κ2) is 9.82. The van der Waals surface area contributed by atoms with Crippen LogP contribution in [0.15, 0.2) is 53.4 Å². The van der Waals surface area contributed by atoms with Gasteiger partial charge in [0.05, 0.1) is 12.0 Å². The fourth-order valence-corrected chi connectivity index (χ4v) is 5.78. The van der Waals surface area contributed by atoms with Gasteiger partial charge in [0.15, 0.2) is 4.90 Å². The molecule has 3 aromatic rings. The number of hydrogen-bond acceptors (Lipinski definition) is 3. The molecule has 4 rings (SSSR count). The Bertz CT molecular complexity index is 1470. The SMILES string of the molecule is Cc1ccc2c(c1NC(=O)Cc1ccc(C(F)(F)F)c(F)c1)CCN(S(=O)(=O)c1c(F)cccc1F)C2. The van der Waals surface area contributed by atoms with Crippen LogP contribution in [0.4, 0.5) is 32.0 Å². The summed E-state index contributed by atoms with van der Waals surface area (Å²) in [7, 11) is -4.49. The van der Waals surface area contributed by atoms with Gasteiger partial charge in [-0.05, 0) is 59.9 Å². The quantitative estimate of drug-likeness (QED) is 0.442. The molecule has 1 amide bonds. The van der Waals surface area contributed by atoms with Crippen molar-refractivity contribution < 1.29 is 39.6 Å². The van der Waals surface area contributed by atoms with Crippen molar-refractivity contribution in [2.45, 2.75) is 37.4 Å². The number of fused-ring (bicyclic) bond motifs is 1. The smallest absolute Gasteiger partial charge is 0.325 e. The molecule has 1 aliphatic heterocycles. The van der Waals surface area contributed by atoms with Gasteiger partial charge in [-0.2, -0.15) is 17.5 Å². The van der Waals surface area contributed by atoms with Crippen molar-refractivity contribution in [2.75, 3.05) is 11.9 Å². The Morgan fingerprint density at radius 1 is 1.00 bits per heavy atom. The minimum Gasteiger partial charge on any atom is -0.325 e. The molecule has 0 bridgehead atoms. The van der Waals surface area contributed by atoms with Crippen LogP contribution in [-0.4, -0.2) is 25.2 Å². The van der Waals surface area contributed by atoms with Crippen LogP contribution in [0.1, 0.15) is 27.8 Å². The van der Waals surface area contributed by atoms with E-state index in [1.165, 1.54) is 0 Å². The average molecular weight is 543 g/mol. The van der Waals surface area contributed by atoms with E-state index in [9.17, 15) is 39.6 Å². The maximum atomic E-state index is 14.2. The van der Waals surface area contributed by atoms with Crippen molar-refractivity contribution >= 4 is 21.6 Å². The first-order valence-electron chi connectivity index (χ1n) is 11.0. The number of hydrogen-bond donors (Lipinski definition) is 1. The van der Waals surface area contributed by atoms with Crippen LogP contribution < -0.4 is 5.32 Å². The summed E-state index contributed by atoms with van der Waals surface area (Å²) >= 11 is 0. The van der Waals surface area contributed by atoms with Crippen LogP contribution in [0.3, 0.4) is 0 Å². The van der Waals surface area contributed by atoms with Gasteiger partial charge in [-0.3, -0.25) is 4.79 Å². The second-order valence-corrected chi connectivity index (χ2v) is 10.4. The highest BCUT2D eigenvalue weighted by atomic mass is 32.2. The number of carbonyl (C=O) groups excluding carboxylic acids is 1. The molecule has 0 radical (unpaired) electrons. The van der Waals surface area contributed by atoms with Crippen LogP contribution in [0.5, 0.6) is 0 Å². The molecular formula is C25H20F6N2O3S. The summed E-state index contributed by atoms with van der Waals surface area (Å²) in [5.74, 6) is -4.51. The van der Waals surface area contributed by atoms with E-state index in [1.807, 2.05) is 0 Å². The molecule has 12 heteroatoms. The fourth-order valence-electron chi connectivity index (χ4n) is 4.25. The molecule has 0 fully saturated rings. The number of nitrogens with zero attached hydrogens (tertiary/aromatic N) is 1. The molecule has 1 heterocycles. The number of rotatable bonds is 5. The third-order valence-corrected chi connectivity index (χ3v) is 7.96. The topological polar surface area (TPSA) is 66.5 Å². The maximum Gasteiger partial charge on any atom is 0.419 e. The van der Waals surface area contributed by atoms with Crippen molar-refractivity contribution in [1.82, 2.24) is 4.31 Å². The van der Waals surface area contributed by atoms with Crippen molar-refractivity contribution in [3.63, 3.8) is 0 Å². The minimum atomic E-state index is -4.86. The Kier molecular flexibility index (Phi) is 7.08. The van der Waals surface area contributed by atoms with Crippen molar-refractivity contribution in [1.29, 1.82) is 0 Å². The summed E-state index contributed by atoms with van der Waals surface area (Å²) in [6, 6.07) is 8.29. The molecule has 5 nitrogen and oxygen atoms in total. The second-order valence-electron chi connectivity index (χ2n) is 8.57. The summed E-state index contributed by atoms with van der Waals surface area (Å²) in [6.07, 6.45) is -5.13. The summed E-state index contributed by atoms with van der Waals surface area (Å²) in [6.45, 7) is 1.39. The predicted octanol–water partition coefficient (Wildman–Crippen LogP) is 5.36. The average Bonchev–Trinajstić information content (AvgIpc) is 2.79. The largest absolute Gasteiger partial charge is 0.419 e. The third kappa shape index (κ3) is 5.35. The number of alkyl halides is 3. The molecule has 196 valence electrons. The number of anilines is 1. The zero-order valence-electron chi connectivity index (χ0n) is 19.3. The van der Waals surface area contributed by atoms with Gasteiger partial charge < -0.3 is 5.32 Å². The molecule has 0 saturated carbocycles. The number of amides is 1. The van der Waals surface area contributed by atoms with Gasteiger partial charge in [0.25, 0.3) is 0 Å². The van der Waals surface area contributed by atoms with Crippen LogP contribution in [0.2, 0.25) is 0 Å². The number of carbonyl (C=O) groups is 1. The van der Waals surface area contributed by atoms with E-state index in [2.05, 4.69) is 5.32 Å². The first kappa shape index (κ1) is 26.7. The molecule has 0 spiro atoms. The molecule has 1 N–H and O–H groups in total. The van der Waals surface area contributed by atoms with E-state index in [1.54, 1.807) is 19.1 Å². The molecule has 0 unspecified atom stereocenters. The zero-order chi connectivity index (χ0) is 27.1. The molecule has 0 aliphatic carbocycles. The van der Waals surface area contributed by atoms with Gasteiger partial charge in [-0.25, -0.2) is 21.6 Å². The Morgan fingerprint density at radius 2 is 1.68 bits per heavy atom. The molecule has 1 aliphatic rings. The van der Waals surface area contributed by atoms with Crippen LogP contribution in [0.25, 0.3) is 0 Å². The highest BCUT2D eigenvalue weighted by molar-refractivity contribution is 7.89.